The molecule has 1 fully saturated rings. The molecule has 0 aliphatic heterocycles. The fraction of sp³-hybridized carbons (Fsp3) is 0.333. The zero-order chi connectivity index (χ0) is 15.0. The summed E-state index contributed by atoms with van der Waals surface area (Å²) in [6, 6.07) is 4.91. The number of halogens is 2. The highest BCUT2D eigenvalue weighted by Gasteiger charge is 2.30. The van der Waals surface area contributed by atoms with Crippen LogP contribution in [-0.4, -0.2) is 16.2 Å². The van der Waals surface area contributed by atoms with Crippen LogP contribution in [0.25, 0.3) is 11.3 Å². The van der Waals surface area contributed by atoms with Gasteiger partial charge < -0.3 is 9.63 Å². The minimum absolute atomic E-state index is 0.139. The second kappa shape index (κ2) is 5.70. The molecule has 1 aliphatic carbocycles. The fourth-order valence-corrected chi connectivity index (χ4v) is 3.11. The molecule has 4 nitrogen and oxygen atoms in total. The number of hydrogen-bond donors (Lipinski definition) is 1. The first kappa shape index (κ1) is 14.4. The lowest BCUT2D eigenvalue weighted by molar-refractivity contribution is 0.0694. The maximum Gasteiger partial charge on any atom is 0.341 e. The summed E-state index contributed by atoms with van der Waals surface area (Å²) < 4.78 is 5.36. The van der Waals surface area contributed by atoms with E-state index in [-0.39, 0.29) is 11.5 Å². The van der Waals surface area contributed by atoms with E-state index in [4.69, 9.17) is 27.7 Å². The van der Waals surface area contributed by atoms with E-state index < -0.39 is 5.97 Å². The lowest BCUT2D eigenvalue weighted by atomic mass is 9.97. The highest BCUT2D eigenvalue weighted by molar-refractivity contribution is 6.42. The molecule has 0 spiro atoms. The number of carboxylic acids is 1. The third kappa shape index (κ3) is 2.65. The molecule has 2 aromatic rings. The molecule has 21 heavy (non-hydrogen) atoms. The smallest absolute Gasteiger partial charge is 0.341 e. The van der Waals surface area contributed by atoms with E-state index >= 15 is 0 Å². The van der Waals surface area contributed by atoms with Crippen LogP contribution in [0.3, 0.4) is 0 Å². The van der Waals surface area contributed by atoms with Crippen molar-refractivity contribution in [3.8, 4) is 11.3 Å². The van der Waals surface area contributed by atoms with Crippen LogP contribution in [0.2, 0.25) is 10.0 Å². The maximum absolute atomic E-state index is 11.6. The summed E-state index contributed by atoms with van der Waals surface area (Å²) in [5.74, 6) is -0.416. The Labute approximate surface area is 131 Å². The molecule has 3 rings (SSSR count). The molecule has 1 N–H and O–H groups in total. The van der Waals surface area contributed by atoms with Crippen LogP contribution < -0.4 is 0 Å². The average Bonchev–Trinajstić information content (AvgIpc) is 3.09. The molecule has 0 atom stereocenters. The molecule has 1 aromatic heterocycles. The first-order chi connectivity index (χ1) is 10.1. The van der Waals surface area contributed by atoms with Crippen LogP contribution in [0.15, 0.2) is 22.7 Å². The van der Waals surface area contributed by atoms with Crippen molar-refractivity contribution in [3.05, 3.63) is 39.6 Å². The zero-order valence-corrected chi connectivity index (χ0v) is 12.6. The Morgan fingerprint density at radius 2 is 1.95 bits per heavy atom. The number of rotatable bonds is 3. The molecule has 0 saturated heterocycles. The van der Waals surface area contributed by atoms with Gasteiger partial charge in [0.2, 0.25) is 0 Å². The lowest BCUT2D eigenvalue weighted by Gasteiger charge is -2.05. The summed E-state index contributed by atoms with van der Waals surface area (Å²) in [7, 11) is 0. The van der Waals surface area contributed by atoms with E-state index in [1.54, 1.807) is 18.2 Å². The summed E-state index contributed by atoms with van der Waals surface area (Å²) in [5, 5.41) is 14.3. The predicted octanol–water partition coefficient (Wildman–Crippen LogP) is 5.00. The van der Waals surface area contributed by atoms with Crippen LogP contribution in [0.5, 0.6) is 0 Å². The van der Waals surface area contributed by atoms with Crippen molar-refractivity contribution in [2.24, 2.45) is 0 Å². The largest absolute Gasteiger partial charge is 0.477 e. The SMILES string of the molecule is O=C(O)c1c(-c2ccc(Cl)c(Cl)c2)noc1C1CCCC1. The van der Waals surface area contributed by atoms with Gasteiger partial charge in [-0.05, 0) is 25.0 Å². The van der Waals surface area contributed by atoms with Gasteiger partial charge in [-0.3, -0.25) is 0 Å². The van der Waals surface area contributed by atoms with Crippen molar-refractivity contribution in [3.63, 3.8) is 0 Å². The molecule has 0 amide bonds. The third-order valence-corrected chi connectivity index (χ3v) is 4.59. The molecule has 1 heterocycles. The Balaban J connectivity index is 2.09. The summed E-state index contributed by atoms with van der Waals surface area (Å²) >= 11 is 11.9. The topological polar surface area (TPSA) is 63.3 Å². The quantitative estimate of drug-likeness (QED) is 0.862. The Hall–Kier alpha value is -1.52. The average molecular weight is 326 g/mol. The summed E-state index contributed by atoms with van der Waals surface area (Å²) in [6.07, 6.45) is 4.06. The number of carbonyl (C=O) groups is 1. The van der Waals surface area contributed by atoms with Crippen LogP contribution in [0.1, 0.15) is 47.7 Å². The van der Waals surface area contributed by atoms with Gasteiger partial charge >= 0.3 is 5.97 Å². The summed E-state index contributed by atoms with van der Waals surface area (Å²) in [4.78, 5) is 11.6. The highest BCUT2D eigenvalue weighted by atomic mass is 35.5. The number of aromatic carboxylic acids is 1. The van der Waals surface area contributed by atoms with Gasteiger partial charge in [-0.15, -0.1) is 0 Å². The number of benzene rings is 1. The zero-order valence-electron chi connectivity index (χ0n) is 11.1. The molecule has 0 radical (unpaired) electrons. The normalized spacial score (nSPS) is 15.5. The second-order valence-corrected chi connectivity index (χ2v) is 6.00. The molecule has 1 aliphatic rings. The maximum atomic E-state index is 11.6. The van der Waals surface area contributed by atoms with Gasteiger partial charge in [-0.25, -0.2) is 4.79 Å². The molecule has 0 unspecified atom stereocenters. The second-order valence-electron chi connectivity index (χ2n) is 5.19. The summed E-state index contributed by atoms with van der Waals surface area (Å²) in [6.45, 7) is 0. The first-order valence-electron chi connectivity index (χ1n) is 6.76. The van der Waals surface area contributed by atoms with Gasteiger partial charge in [0.15, 0.2) is 5.76 Å². The molecular weight excluding hydrogens is 313 g/mol. The third-order valence-electron chi connectivity index (χ3n) is 3.85. The van der Waals surface area contributed by atoms with Gasteiger partial charge in [0.05, 0.1) is 10.0 Å². The molecule has 110 valence electrons. The Bertz CT molecular complexity index is 690. The highest BCUT2D eigenvalue weighted by Crippen LogP contribution is 2.39. The fourth-order valence-electron chi connectivity index (χ4n) is 2.82. The Morgan fingerprint density at radius 3 is 2.57 bits per heavy atom. The molecule has 0 bridgehead atoms. The van der Waals surface area contributed by atoms with Gasteiger partial charge in [0.25, 0.3) is 0 Å². The predicted molar refractivity (Wildman–Crippen MR) is 80.1 cm³/mol. The van der Waals surface area contributed by atoms with Crippen molar-refractivity contribution < 1.29 is 14.4 Å². The Morgan fingerprint density at radius 1 is 1.24 bits per heavy atom. The monoisotopic (exact) mass is 325 g/mol. The number of carboxylic acid groups (broad SMARTS) is 1. The number of nitrogens with zero attached hydrogens (tertiary/aromatic N) is 1. The lowest BCUT2D eigenvalue weighted by Crippen LogP contribution is -2.04. The minimum atomic E-state index is -1.03. The van der Waals surface area contributed by atoms with Crippen molar-refractivity contribution in [1.82, 2.24) is 5.16 Å². The van der Waals surface area contributed by atoms with E-state index in [0.29, 0.717) is 27.1 Å². The molecular formula is C15H13Cl2NO3. The van der Waals surface area contributed by atoms with Crippen LogP contribution in [-0.2, 0) is 0 Å². The molecule has 6 heteroatoms. The van der Waals surface area contributed by atoms with Gasteiger partial charge in [-0.1, -0.05) is 47.3 Å². The van der Waals surface area contributed by atoms with E-state index in [1.165, 1.54) is 0 Å². The molecule has 1 aromatic carbocycles. The first-order valence-corrected chi connectivity index (χ1v) is 7.52. The van der Waals surface area contributed by atoms with Crippen LogP contribution in [0.4, 0.5) is 0 Å². The van der Waals surface area contributed by atoms with Gasteiger partial charge in [0, 0.05) is 11.5 Å². The van der Waals surface area contributed by atoms with Crippen molar-refractivity contribution in [2.45, 2.75) is 31.6 Å². The van der Waals surface area contributed by atoms with E-state index in [2.05, 4.69) is 5.16 Å². The van der Waals surface area contributed by atoms with E-state index in [1.807, 2.05) is 0 Å². The van der Waals surface area contributed by atoms with Crippen molar-refractivity contribution in [2.75, 3.05) is 0 Å². The summed E-state index contributed by atoms with van der Waals surface area (Å²) in [5.41, 5.74) is 1.04. The van der Waals surface area contributed by atoms with E-state index in [0.717, 1.165) is 25.7 Å². The number of aromatic nitrogens is 1. The van der Waals surface area contributed by atoms with Crippen LogP contribution in [0, 0.1) is 0 Å². The van der Waals surface area contributed by atoms with Crippen molar-refractivity contribution >= 4 is 29.2 Å². The van der Waals surface area contributed by atoms with Crippen LogP contribution >= 0.6 is 23.2 Å². The van der Waals surface area contributed by atoms with Gasteiger partial charge in [-0.2, -0.15) is 0 Å². The molecule has 1 saturated carbocycles. The minimum Gasteiger partial charge on any atom is -0.477 e. The van der Waals surface area contributed by atoms with Crippen molar-refractivity contribution in [1.29, 1.82) is 0 Å². The van der Waals surface area contributed by atoms with Gasteiger partial charge in [0.1, 0.15) is 11.3 Å². The standard InChI is InChI=1S/C15H13Cl2NO3/c16-10-6-5-9(7-11(10)17)13-12(15(19)20)14(21-18-13)8-3-1-2-4-8/h5-8H,1-4H2,(H,19,20). The van der Waals surface area contributed by atoms with E-state index in [9.17, 15) is 9.90 Å². The Kier molecular flexibility index (Phi) is 3.91. The number of hydrogen-bond acceptors (Lipinski definition) is 3.